The van der Waals surface area contributed by atoms with Crippen LogP contribution in [0, 0.1) is 22.5 Å². The normalized spacial score (nSPS) is 14.5. The average Bonchev–Trinajstić information content (AvgIpc) is 3.05. The van der Waals surface area contributed by atoms with Gasteiger partial charge in [0.25, 0.3) is 5.91 Å². The van der Waals surface area contributed by atoms with Crippen molar-refractivity contribution in [2.24, 2.45) is 21.6 Å². The molecule has 0 saturated carbocycles. The zero-order valence-electron chi connectivity index (χ0n) is 28.8. The smallest absolute Gasteiger partial charge is 0.407 e. The summed E-state index contributed by atoms with van der Waals surface area (Å²) in [6, 6.07) is -2.61. The second-order valence-electron chi connectivity index (χ2n) is 12.3. The molecule has 4 amide bonds. The van der Waals surface area contributed by atoms with Gasteiger partial charge in [0, 0.05) is 48.6 Å². The van der Waals surface area contributed by atoms with E-state index in [4.69, 9.17) is 5.73 Å². The number of rotatable bonds is 17. The molecule has 1 aromatic rings. The van der Waals surface area contributed by atoms with Gasteiger partial charge in [-0.25, -0.2) is 28.4 Å². The number of aliphatic hydroxyl groups is 1. The average molecular weight is 764 g/mol. The van der Waals surface area contributed by atoms with Gasteiger partial charge in [0.15, 0.2) is 0 Å². The Morgan fingerprint density at radius 2 is 1.48 bits per heavy atom. The van der Waals surface area contributed by atoms with Crippen LogP contribution in [0.5, 0.6) is 0 Å². The SMILES string of the molecule is COC(=O)NC(C(=O)NC[C@@H](O)CN(Cc1c(F)cc(C(C=NC(F)F)=CN)cc1F)NC(=O)[C@@H](NC(=O)OC)C(C)(C)CF)C(C)(C)C(F)(F)F. The highest BCUT2D eigenvalue weighted by atomic mass is 19.4. The summed E-state index contributed by atoms with van der Waals surface area (Å²) >= 11 is 0. The summed E-state index contributed by atoms with van der Waals surface area (Å²) in [6.07, 6.45) is -8.10. The third kappa shape index (κ3) is 12.8. The van der Waals surface area contributed by atoms with Crippen LogP contribution in [0.1, 0.15) is 38.8 Å². The van der Waals surface area contributed by atoms with Crippen LogP contribution < -0.4 is 27.1 Å². The number of allylic oxidation sites excluding steroid dienone is 1. The lowest BCUT2D eigenvalue weighted by molar-refractivity contribution is -0.220. The van der Waals surface area contributed by atoms with Crippen LogP contribution in [0.4, 0.5) is 44.7 Å². The number of carbonyl (C=O) groups excluding carboxylic acids is 4. The molecule has 14 nitrogen and oxygen atoms in total. The summed E-state index contributed by atoms with van der Waals surface area (Å²) in [6.45, 7) is -3.27. The lowest BCUT2D eigenvalue weighted by atomic mass is 9.83. The van der Waals surface area contributed by atoms with Crippen molar-refractivity contribution in [3.05, 3.63) is 41.1 Å². The number of halogens is 8. The number of carbonyl (C=O) groups is 4. The van der Waals surface area contributed by atoms with E-state index in [2.05, 4.69) is 25.2 Å². The molecule has 0 aliphatic carbocycles. The maximum Gasteiger partial charge on any atom is 0.407 e. The number of aliphatic hydroxyl groups excluding tert-OH is 1. The fourth-order valence-corrected chi connectivity index (χ4v) is 4.26. The highest BCUT2D eigenvalue weighted by molar-refractivity contribution is 6.09. The maximum absolute atomic E-state index is 15.3. The summed E-state index contributed by atoms with van der Waals surface area (Å²) in [5, 5.41) is 17.4. The van der Waals surface area contributed by atoms with Crippen molar-refractivity contribution in [2.75, 3.05) is 34.0 Å². The van der Waals surface area contributed by atoms with Gasteiger partial charge in [-0.1, -0.05) is 13.8 Å². The van der Waals surface area contributed by atoms with E-state index in [-0.39, 0.29) is 11.1 Å². The van der Waals surface area contributed by atoms with Crippen molar-refractivity contribution in [3.8, 4) is 0 Å². The zero-order valence-corrected chi connectivity index (χ0v) is 28.8. The Morgan fingerprint density at radius 1 is 0.962 bits per heavy atom. The van der Waals surface area contributed by atoms with E-state index in [0.717, 1.165) is 20.4 Å². The molecular weight excluding hydrogens is 722 g/mol. The lowest BCUT2D eigenvalue weighted by Gasteiger charge is -2.35. The Labute approximate surface area is 293 Å². The van der Waals surface area contributed by atoms with Gasteiger partial charge in [-0.2, -0.15) is 22.0 Å². The van der Waals surface area contributed by atoms with Gasteiger partial charge in [0.1, 0.15) is 23.7 Å². The summed E-state index contributed by atoms with van der Waals surface area (Å²) in [7, 11) is 1.79. The minimum absolute atomic E-state index is 0.306. The van der Waals surface area contributed by atoms with E-state index >= 15 is 8.78 Å². The standard InChI is InChI=1S/C30H41F8N7O7/c1-28(2,14-31)21(42-26(49)51-5)24(48)44-45(13-18-19(32)7-15(8-20(18)33)16(9-39)10-41-25(34)35)12-17(46)11-40-23(47)22(43-27(50)52-6)29(3,4)30(36,37)38/h7-10,17,21-22,25,46H,11-14,39H2,1-6H3,(H,40,47)(H,42,49)(H,43,50)(H,44,48)/t17-,21-,22?/m1/s1. The molecule has 1 aromatic carbocycles. The predicted molar refractivity (Wildman–Crippen MR) is 169 cm³/mol. The van der Waals surface area contributed by atoms with Gasteiger partial charge in [-0.15, -0.1) is 0 Å². The molecule has 294 valence electrons. The number of ether oxygens (including phenoxy) is 2. The van der Waals surface area contributed by atoms with Crippen LogP contribution in [0.2, 0.25) is 0 Å². The van der Waals surface area contributed by atoms with Gasteiger partial charge in [0.05, 0.1) is 32.4 Å². The van der Waals surface area contributed by atoms with Gasteiger partial charge in [-0.3, -0.25) is 19.4 Å². The number of hydrazine groups is 1. The minimum Gasteiger partial charge on any atom is -0.453 e. The third-order valence-corrected chi connectivity index (χ3v) is 7.54. The molecule has 0 aromatic heterocycles. The van der Waals surface area contributed by atoms with Crippen molar-refractivity contribution >= 4 is 35.8 Å². The van der Waals surface area contributed by atoms with Gasteiger partial charge < -0.3 is 36.3 Å². The topological polar surface area (TPSA) is 197 Å². The highest BCUT2D eigenvalue weighted by Gasteiger charge is 2.55. The summed E-state index contributed by atoms with van der Waals surface area (Å²) in [5.41, 5.74) is 1.65. The van der Waals surface area contributed by atoms with E-state index < -0.39 is 109 Å². The fraction of sp³-hybridized carbons (Fsp3) is 0.567. The van der Waals surface area contributed by atoms with Gasteiger partial charge in [-0.05, 0) is 31.5 Å². The highest BCUT2D eigenvalue weighted by Crippen LogP contribution is 2.40. The number of amides is 4. The van der Waals surface area contributed by atoms with Crippen molar-refractivity contribution in [1.82, 2.24) is 26.4 Å². The summed E-state index contributed by atoms with van der Waals surface area (Å²) < 4.78 is 120. The molecule has 0 radical (unpaired) electrons. The fourth-order valence-electron chi connectivity index (χ4n) is 4.26. The number of hydrogen-bond donors (Lipinski definition) is 6. The number of nitrogens with two attached hydrogens (primary N) is 1. The molecule has 0 saturated heterocycles. The van der Waals surface area contributed by atoms with E-state index in [9.17, 15) is 50.6 Å². The maximum atomic E-state index is 15.3. The second-order valence-corrected chi connectivity index (χ2v) is 12.3. The second kappa shape index (κ2) is 19.2. The molecule has 0 aliphatic rings. The molecule has 3 atom stereocenters. The molecule has 1 rings (SSSR count). The van der Waals surface area contributed by atoms with Crippen LogP contribution in [0.25, 0.3) is 5.57 Å². The predicted octanol–water partition coefficient (Wildman–Crippen LogP) is 2.90. The minimum atomic E-state index is -5.03. The molecule has 0 bridgehead atoms. The zero-order chi connectivity index (χ0) is 40.2. The Morgan fingerprint density at radius 3 is 1.92 bits per heavy atom. The number of nitrogens with one attached hydrogen (secondary N) is 4. The quantitative estimate of drug-likeness (QED) is 0.0599. The third-order valence-electron chi connectivity index (χ3n) is 7.54. The first-order valence-electron chi connectivity index (χ1n) is 15.0. The molecular formula is C30H41F8N7O7. The van der Waals surface area contributed by atoms with Crippen molar-refractivity contribution in [3.63, 3.8) is 0 Å². The number of hydrogen-bond acceptors (Lipinski definition) is 10. The summed E-state index contributed by atoms with van der Waals surface area (Å²) in [4.78, 5) is 52.7. The number of nitrogens with zero attached hydrogens (tertiary/aromatic N) is 2. The molecule has 0 heterocycles. The van der Waals surface area contributed by atoms with Crippen LogP contribution in [-0.4, -0.2) is 105 Å². The summed E-state index contributed by atoms with van der Waals surface area (Å²) in [5.74, 6) is -5.25. The van der Waals surface area contributed by atoms with Crippen molar-refractivity contribution < 1.29 is 68.9 Å². The molecule has 7 N–H and O–H groups in total. The first-order chi connectivity index (χ1) is 23.9. The van der Waals surface area contributed by atoms with Crippen LogP contribution in [0.3, 0.4) is 0 Å². The number of benzene rings is 1. The molecule has 0 fully saturated rings. The number of aliphatic imine (C=N–C) groups is 1. The van der Waals surface area contributed by atoms with E-state index in [1.54, 1.807) is 5.32 Å². The molecule has 0 spiro atoms. The van der Waals surface area contributed by atoms with E-state index in [1.165, 1.54) is 13.8 Å². The molecule has 1 unspecified atom stereocenters. The van der Waals surface area contributed by atoms with Gasteiger partial charge >= 0.3 is 24.9 Å². The molecule has 0 aliphatic heterocycles. The van der Waals surface area contributed by atoms with Crippen molar-refractivity contribution in [2.45, 2.75) is 65.2 Å². The first kappa shape index (κ1) is 45.3. The van der Waals surface area contributed by atoms with E-state index in [1.807, 2.05) is 5.32 Å². The van der Waals surface area contributed by atoms with Crippen LogP contribution in [0.15, 0.2) is 23.3 Å². The Kier molecular flexibility index (Phi) is 16.7. The monoisotopic (exact) mass is 763 g/mol. The van der Waals surface area contributed by atoms with Crippen molar-refractivity contribution in [1.29, 1.82) is 0 Å². The lowest BCUT2D eigenvalue weighted by Crippen LogP contribution is -2.60. The number of alkyl carbamates (subject to hydrolysis) is 2. The Hall–Kier alpha value is -4.73. The Bertz CT molecular complexity index is 1450. The first-order valence-corrected chi connectivity index (χ1v) is 15.0. The van der Waals surface area contributed by atoms with Gasteiger partial charge in [0.2, 0.25) is 5.91 Å². The molecule has 22 heteroatoms. The number of alkyl halides is 6. The van der Waals surface area contributed by atoms with E-state index in [0.29, 0.717) is 37.2 Å². The Balaban J connectivity index is 3.51. The molecule has 52 heavy (non-hydrogen) atoms. The van der Waals surface area contributed by atoms with Crippen LogP contribution in [-0.2, 0) is 25.6 Å². The largest absolute Gasteiger partial charge is 0.453 e. The van der Waals surface area contributed by atoms with Crippen LogP contribution >= 0.6 is 0 Å². The number of methoxy groups -OCH3 is 2.